The van der Waals surface area contributed by atoms with Gasteiger partial charge in [-0.1, -0.05) is 14.9 Å². The van der Waals surface area contributed by atoms with Gasteiger partial charge < -0.3 is 5.48 Å². The molecule has 5 nitrogen and oxygen atoms in total. The molecule has 0 aliphatic heterocycles. The number of hydrogen-bond acceptors (Lipinski definition) is 5. The Morgan fingerprint density at radius 3 is 1.00 bits per heavy atom. The Hall–Kier alpha value is 0.536. The smallest absolute Gasteiger partial charge is 0.870 e. The molecule has 0 aromatic carbocycles. The maximum atomic E-state index is 8.29. The summed E-state index contributed by atoms with van der Waals surface area (Å²) in [6.07, 6.45) is 0.250. The van der Waals surface area contributed by atoms with Gasteiger partial charge in [-0.3, -0.25) is 0 Å². The summed E-state index contributed by atoms with van der Waals surface area (Å²) in [6, 6.07) is 0. The molecule has 0 unspecified atom stereocenters. The summed E-state index contributed by atoms with van der Waals surface area (Å²) < 4.78 is 16.6. The molecule has 7 heteroatoms. The second-order valence-corrected chi connectivity index (χ2v) is 0.287. The Bertz CT molecular complexity index is 84.0. The van der Waals surface area contributed by atoms with Crippen LogP contribution in [0.4, 0.5) is 0 Å². The van der Waals surface area contributed by atoms with E-state index < -0.39 is 11.6 Å². The van der Waals surface area contributed by atoms with E-state index in [0.717, 1.165) is 0 Å². The molecule has 0 rings (SSSR count). The summed E-state index contributed by atoms with van der Waals surface area (Å²) in [7, 11) is 0. The minimum Gasteiger partial charge on any atom is -0.870 e. The van der Waals surface area contributed by atoms with E-state index in [4.69, 9.17) is 18.0 Å². The second kappa shape index (κ2) is 199. The largest absolute Gasteiger partial charge is 1.00 e. The number of rotatable bonds is 0. The van der Waals surface area contributed by atoms with Gasteiger partial charge >= 0.3 is 69.1 Å². The molecule has 0 saturated carbocycles. The van der Waals surface area contributed by atoms with E-state index in [1.807, 2.05) is 0 Å². The summed E-state index contributed by atoms with van der Waals surface area (Å²) in [4.78, 5) is 16.2. The van der Waals surface area contributed by atoms with E-state index in [1.165, 1.54) is 0 Å². The molecule has 0 radical (unpaired) electrons. The van der Waals surface area contributed by atoms with Gasteiger partial charge in [-0.25, -0.2) is 0 Å². The third kappa shape index (κ3) is 3330. The fourth-order valence-electron chi connectivity index (χ4n) is 0. The van der Waals surface area contributed by atoms with Crippen LogP contribution in [-0.2, 0) is 21.2 Å². The van der Waals surface area contributed by atoms with Crippen molar-refractivity contribution in [2.75, 3.05) is 0 Å². The molecular weight excluding hydrogens is 211 g/mol. The molecule has 0 saturated heterocycles. The third-order valence-corrected chi connectivity index (χ3v) is 0. The summed E-state index contributed by atoms with van der Waals surface area (Å²) >= 11 is -0.750. The Labute approximate surface area is 119 Å². The van der Waals surface area contributed by atoms with E-state index in [-0.39, 0.29) is 77.9 Å². The van der Waals surface area contributed by atoms with Gasteiger partial charge in [0, 0.05) is 0 Å². The molecule has 0 spiro atoms. The Balaban J connectivity index is -0.00000000544. The standard InChI is InChI=1S/C2H4.CO2.2CH4.K.O2S.H2O/c1-2;2-1-3;;;;1-3-2;/h1-2H2;;2*1H4;;;1H2/q;;;;+1;;/p-1. The number of hydrogen-bond donors (Lipinski definition) is 0. The van der Waals surface area contributed by atoms with Crippen LogP contribution in [-0.4, -0.2) is 20.0 Å². The van der Waals surface area contributed by atoms with Crippen molar-refractivity contribution in [2.45, 2.75) is 14.9 Å². The van der Waals surface area contributed by atoms with Crippen LogP contribution in [0.2, 0.25) is 0 Å². The average Bonchev–Trinajstić information content (AvgIpc) is 1.75. The molecule has 0 bridgehead atoms. The van der Waals surface area contributed by atoms with Gasteiger partial charge in [-0.15, -0.1) is 13.2 Å². The molecule has 0 amide bonds. The van der Waals surface area contributed by atoms with Crippen LogP contribution in [0.1, 0.15) is 14.9 Å². The fourth-order valence-corrected chi connectivity index (χ4v) is 0. The van der Waals surface area contributed by atoms with E-state index in [2.05, 4.69) is 13.2 Å². The average molecular weight is 224 g/mol. The van der Waals surface area contributed by atoms with Gasteiger partial charge in [-0.05, 0) is 0 Å². The summed E-state index contributed by atoms with van der Waals surface area (Å²) in [5.74, 6) is 0. The predicted octanol–water partition coefficient (Wildman–Crippen LogP) is -2.35. The maximum absolute atomic E-state index is 8.29. The fraction of sp³-hybridized carbons (Fsp3) is 0.400. The van der Waals surface area contributed by atoms with Crippen LogP contribution in [0, 0.1) is 0 Å². The molecular formula is C5H13KO5S. The van der Waals surface area contributed by atoms with Crippen molar-refractivity contribution in [3.63, 3.8) is 0 Å². The van der Waals surface area contributed by atoms with Crippen molar-refractivity contribution < 1.29 is 74.9 Å². The Morgan fingerprint density at radius 2 is 1.00 bits per heavy atom. The zero-order chi connectivity index (χ0) is 7.41. The Morgan fingerprint density at radius 1 is 1.00 bits per heavy atom. The van der Waals surface area contributed by atoms with Gasteiger partial charge in [-0.2, -0.15) is 18.0 Å². The third-order valence-electron chi connectivity index (χ3n) is 0. The quantitative estimate of drug-likeness (QED) is 0.339. The van der Waals surface area contributed by atoms with E-state index in [9.17, 15) is 0 Å². The van der Waals surface area contributed by atoms with Crippen LogP contribution in [0.5, 0.6) is 0 Å². The summed E-state index contributed by atoms with van der Waals surface area (Å²) in [6.45, 7) is 6.00. The van der Waals surface area contributed by atoms with Gasteiger partial charge in [0.1, 0.15) is 0 Å². The van der Waals surface area contributed by atoms with Crippen molar-refractivity contribution >= 4 is 17.7 Å². The zero-order valence-corrected chi connectivity index (χ0v) is 9.34. The van der Waals surface area contributed by atoms with E-state index >= 15 is 0 Å². The molecule has 0 aromatic rings. The summed E-state index contributed by atoms with van der Waals surface area (Å²) in [5, 5.41) is 0. The normalized spacial score (nSPS) is 2.00. The van der Waals surface area contributed by atoms with Crippen LogP contribution < -0.4 is 51.4 Å². The molecule has 1 N–H and O–H groups in total. The van der Waals surface area contributed by atoms with Gasteiger partial charge in [0.05, 0.1) is 0 Å². The molecule has 0 heterocycles. The molecule has 0 aromatic heterocycles. The molecule has 0 aliphatic rings. The van der Waals surface area contributed by atoms with Gasteiger partial charge in [0.2, 0.25) is 0 Å². The van der Waals surface area contributed by atoms with Gasteiger partial charge in [0.25, 0.3) is 0 Å². The first kappa shape index (κ1) is 54.4. The van der Waals surface area contributed by atoms with Crippen molar-refractivity contribution in [1.82, 2.24) is 0 Å². The molecule has 0 fully saturated rings. The van der Waals surface area contributed by atoms with Crippen molar-refractivity contribution in [3.05, 3.63) is 13.2 Å². The monoisotopic (exact) mass is 224 g/mol. The van der Waals surface area contributed by atoms with E-state index in [1.54, 1.807) is 0 Å². The number of carbonyl (C=O) groups excluding carboxylic acids is 2. The van der Waals surface area contributed by atoms with Crippen LogP contribution in [0.15, 0.2) is 13.2 Å². The van der Waals surface area contributed by atoms with Crippen LogP contribution >= 0.6 is 0 Å². The second-order valence-electron chi connectivity index (χ2n) is 0.151. The minimum atomic E-state index is -0.750. The van der Waals surface area contributed by atoms with Crippen molar-refractivity contribution in [2.24, 2.45) is 0 Å². The van der Waals surface area contributed by atoms with Crippen LogP contribution in [0.3, 0.4) is 0 Å². The first-order chi connectivity index (χ1) is 3.83. The van der Waals surface area contributed by atoms with E-state index in [0.29, 0.717) is 0 Å². The first-order valence-corrected chi connectivity index (χ1v) is 1.91. The topological polar surface area (TPSA) is 98.3 Å². The first-order valence-electron chi connectivity index (χ1n) is 1.24. The SMILES string of the molecule is C.C.C=C.O=C=O.O=S=O.[K+].[OH-]. The molecule has 0 atom stereocenters. The van der Waals surface area contributed by atoms with Crippen LogP contribution in [0.25, 0.3) is 0 Å². The van der Waals surface area contributed by atoms with Crippen molar-refractivity contribution in [1.29, 1.82) is 0 Å². The summed E-state index contributed by atoms with van der Waals surface area (Å²) in [5.41, 5.74) is 0. The predicted molar refractivity (Wildman–Crippen MR) is 40.6 cm³/mol. The molecule has 70 valence electrons. The molecule has 12 heavy (non-hydrogen) atoms. The Kier molecular flexibility index (Phi) is 903. The molecule has 0 aliphatic carbocycles. The van der Waals surface area contributed by atoms with Gasteiger partial charge in [0.15, 0.2) is 0 Å². The maximum Gasteiger partial charge on any atom is 1.00 e. The van der Waals surface area contributed by atoms with Crippen molar-refractivity contribution in [3.8, 4) is 0 Å². The zero-order valence-electron chi connectivity index (χ0n) is 5.40. The minimum absolute atomic E-state index is 0.